The zero-order valence-electron chi connectivity index (χ0n) is 11.0. The summed E-state index contributed by atoms with van der Waals surface area (Å²) in [5.74, 6) is -0.469. The molecule has 0 fully saturated rings. The summed E-state index contributed by atoms with van der Waals surface area (Å²) in [5, 5.41) is 9.15. The van der Waals surface area contributed by atoms with Gasteiger partial charge >= 0.3 is 5.97 Å². The summed E-state index contributed by atoms with van der Waals surface area (Å²) in [5.41, 5.74) is 1.37. The molecular weight excluding hydrogens is 236 g/mol. The van der Waals surface area contributed by atoms with E-state index in [1.165, 1.54) is 7.11 Å². The molecule has 0 saturated heterocycles. The first kappa shape index (κ1) is 14.3. The molecule has 18 heavy (non-hydrogen) atoms. The summed E-state index contributed by atoms with van der Waals surface area (Å²) in [6.45, 7) is 1.92. The lowest BCUT2D eigenvalue weighted by molar-refractivity contribution is -0.138. The van der Waals surface area contributed by atoms with Crippen LogP contribution in [0.15, 0.2) is 12.1 Å². The monoisotopic (exact) mass is 254 g/mol. The number of aliphatic carboxylic acids is 1. The van der Waals surface area contributed by atoms with Crippen LogP contribution in [-0.2, 0) is 16.1 Å². The second kappa shape index (κ2) is 6.26. The van der Waals surface area contributed by atoms with Crippen molar-refractivity contribution in [3.8, 4) is 11.5 Å². The van der Waals surface area contributed by atoms with Gasteiger partial charge in [0.15, 0.2) is 0 Å². The van der Waals surface area contributed by atoms with Gasteiger partial charge in [0, 0.05) is 18.7 Å². The maximum atomic E-state index is 11.2. The fraction of sp³-hybridized carbons (Fsp3) is 0.462. The van der Waals surface area contributed by atoms with Crippen molar-refractivity contribution in [2.24, 2.45) is 0 Å². The predicted molar refractivity (Wildman–Crippen MR) is 66.3 cm³/mol. The predicted octanol–water partition coefficient (Wildman–Crippen LogP) is 2.04. The van der Waals surface area contributed by atoms with Crippen molar-refractivity contribution in [1.82, 2.24) is 0 Å². The minimum absolute atomic E-state index is 0.306. The molecule has 1 N–H and O–H groups in total. The fourth-order valence-electron chi connectivity index (χ4n) is 1.83. The number of benzene rings is 1. The lowest BCUT2D eigenvalue weighted by atomic mass is 9.94. The van der Waals surface area contributed by atoms with Crippen molar-refractivity contribution >= 4 is 5.97 Å². The molecule has 0 amide bonds. The van der Waals surface area contributed by atoms with Gasteiger partial charge in [0.25, 0.3) is 0 Å². The molecule has 1 aromatic carbocycles. The summed E-state index contributed by atoms with van der Waals surface area (Å²) < 4.78 is 15.5. The highest BCUT2D eigenvalue weighted by Gasteiger charge is 2.23. The Hall–Kier alpha value is -1.75. The SMILES string of the molecule is COCc1cc(OC)cc(OC)c1C(C)C(=O)O. The second-order valence-electron chi connectivity index (χ2n) is 3.90. The van der Waals surface area contributed by atoms with Crippen LogP contribution in [0.4, 0.5) is 0 Å². The molecule has 5 nitrogen and oxygen atoms in total. The Morgan fingerprint density at radius 2 is 1.94 bits per heavy atom. The zero-order valence-corrected chi connectivity index (χ0v) is 11.0. The van der Waals surface area contributed by atoms with E-state index in [0.717, 1.165) is 5.56 Å². The fourth-order valence-corrected chi connectivity index (χ4v) is 1.83. The second-order valence-corrected chi connectivity index (χ2v) is 3.90. The molecule has 0 bridgehead atoms. The molecule has 1 aromatic rings. The van der Waals surface area contributed by atoms with Crippen molar-refractivity contribution in [3.63, 3.8) is 0 Å². The Kier molecular flexibility index (Phi) is 4.97. The summed E-state index contributed by atoms with van der Waals surface area (Å²) in [6.07, 6.45) is 0. The van der Waals surface area contributed by atoms with Crippen LogP contribution in [0, 0.1) is 0 Å². The van der Waals surface area contributed by atoms with Crippen LogP contribution in [0.5, 0.6) is 11.5 Å². The lowest BCUT2D eigenvalue weighted by Crippen LogP contribution is -2.12. The van der Waals surface area contributed by atoms with E-state index in [1.807, 2.05) is 0 Å². The Balaban J connectivity index is 3.38. The van der Waals surface area contributed by atoms with Gasteiger partial charge in [-0.2, -0.15) is 0 Å². The van der Waals surface area contributed by atoms with E-state index in [0.29, 0.717) is 23.7 Å². The lowest BCUT2D eigenvalue weighted by Gasteiger charge is -2.18. The Morgan fingerprint density at radius 1 is 1.28 bits per heavy atom. The number of methoxy groups -OCH3 is 3. The number of hydrogen-bond acceptors (Lipinski definition) is 4. The molecule has 100 valence electrons. The molecule has 0 aliphatic rings. The molecule has 0 radical (unpaired) electrons. The number of carbonyl (C=O) groups is 1. The van der Waals surface area contributed by atoms with Crippen molar-refractivity contribution in [3.05, 3.63) is 23.3 Å². The summed E-state index contributed by atoms with van der Waals surface area (Å²) in [6, 6.07) is 3.44. The van der Waals surface area contributed by atoms with Crippen LogP contribution >= 0.6 is 0 Å². The smallest absolute Gasteiger partial charge is 0.310 e. The average molecular weight is 254 g/mol. The zero-order chi connectivity index (χ0) is 13.7. The van der Waals surface area contributed by atoms with Crippen LogP contribution in [0.2, 0.25) is 0 Å². The molecule has 1 atom stereocenters. The van der Waals surface area contributed by atoms with Gasteiger partial charge in [-0.25, -0.2) is 0 Å². The third-order valence-electron chi connectivity index (χ3n) is 2.76. The summed E-state index contributed by atoms with van der Waals surface area (Å²) in [4.78, 5) is 11.2. The van der Waals surface area contributed by atoms with Gasteiger partial charge in [-0.3, -0.25) is 4.79 Å². The third kappa shape index (κ3) is 2.92. The molecule has 0 saturated carbocycles. The first-order valence-corrected chi connectivity index (χ1v) is 5.51. The number of carboxylic acid groups (broad SMARTS) is 1. The summed E-state index contributed by atoms with van der Waals surface area (Å²) in [7, 11) is 4.61. The highest BCUT2D eigenvalue weighted by Crippen LogP contribution is 2.34. The number of hydrogen-bond donors (Lipinski definition) is 1. The van der Waals surface area contributed by atoms with Crippen molar-refractivity contribution < 1.29 is 24.1 Å². The third-order valence-corrected chi connectivity index (χ3v) is 2.76. The van der Waals surface area contributed by atoms with Crippen molar-refractivity contribution in [2.45, 2.75) is 19.4 Å². The van der Waals surface area contributed by atoms with Crippen LogP contribution in [0.1, 0.15) is 24.0 Å². The minimum atomic E-state index is -0.907. The molecule has 5 heteroatoms. The van der Waals surface area contributed by atoms with Crippen molar-refractivity contribution in [1.29, 1.82) is 0 Å². The van der Waals surface area contributed by atoms with E-state index in [4.69, 9.17) is 19.3 Å². The maximum Gasteiger partial charge on any atom is 0.310 e. The largest absolute Gasteiger partial charge is 0.497 e. The molecule has 1 rings (SSSR count). The van der Waals surface area contributed by atoms with Gasteiger partial charge in [-0.15, -0.1) is 0 Å². The van der Waals surface area contributed by atoms with E-state index in [2.05, 4.69) is 0 Å². The van der Waals surface area contributed by atoms with E-state index in [-0.39, 0.29) is 0 Å². The Bertz CT molecular complexity index is 428. The van der Waals surface area contributed by atoms with E-state index in [9.17, 15) is 4.79 Å². The van der Waals surface area contributed by atoms with Crippen LogP contribution in [0.3, 0.4) is 0 Å². The molecule has 0 spiro atoms. The van der Waals surface area contributed by atoms with Crippen LogP contribution < -0.4 is 9.47 Å². The van der Waals surface area contributed by atoms with Crippen LogP contribution in [0.25, 0.3) is 0 Å². The maximum absolute atomic E-state index is 11.2. The molecule has 1 unspecified atom stereocenters. The molecule has 0 aromatic heterocycles. The summed E-state index contributed by atoms with van der Waals surface area (Å²) >= 11 is 0. The van der Waals surface area contributed by atoms with E-state index >= 15 is 0 Å². The highest BCUT2D eigenvalue weighted by atomic mass is 16.5. The highest BCUT2D eigenvalue weighted by molar-refractivity contribution is 5.77. The van der Waals surface area contributed by atoms with Gasteiger partial charge in [-0.1, -0.05) is 0 Å². The molecular formula is C13H18O5. The Labute approximate surface area is 106 Å². The number of ether oxygens (including phenoxy) is 3. The van der Waals surface area contributed by atoms with Gasteiger partial charge in [-0.05, 0) is 18.6 Å². The van der Waals surface area contributed by atoms with Crippen LogP contribution in [-0.4, -0.2) is 32.4 Å². The van der Waals surface area contributed by atoms with Gasteiger partial charge in [0.2, 0.25) is 0 Å². The quantitative estimate of drug-likeness (QED) is 0.841. The minimum Gasteiger partial charge on any atom is -0.497 e. The molecule has 0 aliphatic heterocycles. The Morgan fingerprint density at radius 3 is 2.39 bits per heavy atom. The van der Waals surface area contributed by atoms with Gasteiger partial charge in [0.05, 0.1) is 26.7 Å². The topological polar surface area (TPSA) is 65.0 Å². The molecule has 0 heterocycles. The number of rotatable bonds is 6. The van der Waals surface area contributed by atoms with E-state index in [1.54, 1.807) is 33.3 Å². The normalized spacial score (nSPS) is 12.0. The van der Waals surface area contributed by atoms with Crippen molar-refractivity contribution in [2.75, 3.05) is 21.3 Å². The van der Waals surface area contributed by atoms with Gasteiger partial charge in [0.1, 0.15) is 11.5 Å². The van der Waals surface area contributed by atoms with Gasteiger partial charge < -0.3 is 19.3 Å². The first-order valence-electron chi connectivity index (χ1n) is 5.51. The molecule has 0 aliphatic carbocycles. The average Bonchev–Trinajstić information content (AvgIpc) is 2.37. The number of carboxylic acids is 1. The van der Waals surface area contributed by atoms with E-state index < -0.39 is 11.9 Å². The standard InChI is InChI=1S/C13H18O5/c1-8(13(14)15)12-9(7-16-2)5-10(17-3)6-11(12)18-4/h5-6,8H,7H2,1-4H3,(H,14,15). The first-order chi connectivity index (χ1) is 8.54.